The Balaban J connectivity index is 0.934. The quantitative estimate of drug-likeness (QED) is 0.131. The molecule has 0 bridgehead atoms. The van der Waals surface area contributed by atoms with Crippen LogP contribution >= 0.6 is 0 Å². The summed E-state index contributed by atoms with van der Waals surface area (Å²) in [5.41, 5.74) is 12.6. The summed E-state index contributed by atoms with van der Waals surface area (Å²) < 4.78 is 23.8. The van der Waals surface area contributed by atoms with E-state index in [9.17, 15) is 9.59 Å². The minimum Gasteiger partial charge on any atom is -0.493 e. The minimum absolute atomic E-state index is 0.00723. The number of methoxy groups -OCH3 is 2. The number of hydrogen-bond donors (Lipinski definition) is 1. The van der Waals surface area contributed by atoms with E-state index >= 15 is 0 Å². The molecule has 0 spiro atoms. The maximum Gasteiger partial charge on any atom is 0.260 e. The van der Waals surface area contributed by atoms with Gasteiger partial charge in [0.15, 0.2) is 23.0 Å². The molecule has 2 N–H and O–H groups in total. The number of carbonyl (C=O) groups is 2. The third kappa shape index (κ3) is 6.42. The number of nitrogen functional groups attached to an aromatic ring is 1. The Morgan fingerprint density at radius 1 is 0.808 bits per heavy atom. The summed E-state index contributed by atoms with van der Waals surface area (Å²) in [5, 5.41) is 0. The fraction of sp³-hybridized carbons (Fsp3) is 0.357. The van der Waals surface area contributed by atoms with Gasteiger partial charge in [-0.05, 0) is 90.1 Å². The van der Waals surface area contributed by atoms with Gasteiger partial charge in [-0.1, -0.05) is 31.2 Å². The summed E-state index contributed by atoms with van der Waals surface area (Å²) >= 11 is 0. The molecule has 3 atom stereocenters. The van der Waals surface area contributed by atoms with Crippen LogP contribution < -0.4 is 24.7 Å². The van der Waals surface area contributed by atoms with E-state index in [4.69, 9.17) is 29.7 Å². The van der Waals surface area contributed by atoms with Crippen LogP contribution in [-0.2, 0) is 0 Å². The third-order valence-corrected chi connectivity index (χ3v) is 10.7. The summed E-state index contributed by atoms with van der Waals surface area (Å²) in [5.74, 6) is 2.71. The van der Waals surface area contributed by atoms with Crippen molar-refractivity contribution in [2.75, 3.05) is 33.2 Å². The molecule has 4 aliphatic heterocycles. The molecule has 8 rings (SSSR count). The molecular weight excluding hydrogens is 656 g/mol. The Kier molecular flexibility index (Phi) is 8.99. The van der Waals surface area contributed by atoms with Crippen molar-refractivity contribution in [3.8, 4) is 23.0 Å². The van der Waals surface area contributed by atoms with Gasteiger partial charge in [0.2, 0.25) is 0 Å². The molecule has 0 saturated heterocycles. The van der Waals surface area contributed by atoms with Crippen LogP contribution in [0.3, 0.4) is 0 Å². The monoisotopic (exact) mass is 700 g/mol. The molecule has 52 heavy (non-hydrogen) atoms. The first kappa shape index (κ1) is 33.6. The van der Waals surface area contributed by atoms with E-state index < -0.39 is 0 Å². The number of fused-ring (bicyclic) bond motifs is 4. The van der Waals surface area contributed by atoms with E-state index in [1.807, 2.05) is 53.7 Å². The second-order valence-electron chi connectivity index (χ2n) is 14.2. The zero-order chi connectivity index (χ0) is 35.9. The van der Waals surface area contributed by atoms with Crippen molar-refractivity contribution in [3.05, 3.63) is 101 Å². The van der Waals surface area contributed by atoms with E-state index in [-0.39, 0.29) is 29.8 Å². The van der Waals surface area contributed by atoms with Crippen molar-refractivity contribution >= 4 is 35.0 Å². The second-order valence-corrected chi connectivity index (χ2v) is 14.2. The largest absolute Gasteiger partial charge is 0.493 e. The van der Waals surface area contributed by atoms with Gasteiger partial charge in [0.25, 0.3) is 11.8 Å². The highest BCUT2D eigenvalue weighted by atomic mass is 16.5. The molecule has 0 radical (unpaired) electrons. The lowest BCUT2D eigenvalue weighted by Gasteiger charge is -2.23. The zero-order valence-corrected chi connectivity index (χ0v) is 29.8. The first-order valence-electron chi connectivity index (χ1n) is 18.1. The summed E-state index contributed by atoms with van der Waals surface area (Å²) in [4.78, 5) is 36.0. The van der Waals surface area contributed by atoms with Crippen LogP contribution in [-0.4, -0.2) is 67.3 Å². The molecule has 10 heteroatoms. The van der Waals surface area contributed by atoms with Gasteiger partial charge in [-0.3, -0.25) is 14.6 Å². The van der Waals surface area contributed by atoms with Crippen LogP contribution in [0.25, 0.3) is 5.57 Å². The Bertz CT molecular complexity index is 2030. The highest BCUT2D eigenvalue weighted by Crippen LogP contribution is 2.45. The Morgan fingerprint density at radius 2 is 1.48 bits per heavy atom. The van der Waals surface area contributed by atoms with Crippen molar-refractivity contribution in [2.24, 2.45) is 10.9 Å². The molecule has 5 aliphatic rings. The number of nitrogens with zero attached hydrogens (tertiary/aromatic N) is 3. The lowest BCUT2D eigenvalue weighted by molar-refractivity contribution is 0.0801. The molecule has 1 fully saturated rings. The molecule has 3 unspecified atom stereocenters. The van der Waals surface area contributed by atoms with E-state index in [0.29, 0.717) is 77.5 Å². The number of anilines is 1. The van der Waals surface area contributed by atoms with E-state index in [1.54, 1.807) is 31.3 Å². The van der Waals surface area contributed by atoms with Crippen molar-refractivity contribution in [1.29, 1.82) is 0 Å². The maximum absolute atomic E-state index is 14.0. The second kappa shape index (κ2) is 13.9. The fourth-order valence-electron chi connectivity index (χ4n) is 7.60. The van der Waals surface area contributed by atoms with Crippen LogP contribution in [0.2, 0.25) is 0 Å². The molecule has 10 nitrogen and oxygen atoms in total. The van der Waals surface area contributed by atoms with E-state index in [0.717, 1.165) is 29.5 Å². The van der Waals surface area contributed by atoms with Crippen LogP contribution in [0.1, 0.15) is 83.2 Å². The van der Waals surface area contributed by atoms with Gasteiger partial charge >= 0.3 is 0 Å². The number of nitrogens with two attached hydrogens (primary N) is 1. The SMILES string of the molecule is COc1cc2c(cc1OCCCOc1cc3c(cc1OC)C(=O)N1C=C(C4CC4)CC1C=CCC3C)N=CC1CC(c3ccc(N)cc3)=CN1C2=O. The number of benzene rings is 3. The Hall–Kier alpha value is -5.51. The van der Waals surface area contributed by atoms with Crippen LogP contribution in [0.4, 0.5) is 11.4 Å². The molecule has 3 aromatic rings. The van der Waals surface area contributed by atoms with Crippen molar-refractivity contribution in [2.45, 2.75) is 63.5 Å². The van der Waals surface area contributed by atoms with Crippen LogP contribution in [0.15, 0.2) is 83.6 Å². The number of ether oxygens (including phenoxy) is 4. The first-order chi connectivity index (χ1) is 25.3. The highest BCUT2D eigenvalue weighted by Gasteiger charge is 2.37. The molecule has 3 aromatic carbocycles. The molecule has 4 heterocycles. The summed E-state index contributed by atoms with van der Waals surface area (Å²) in [7, 11) is 3.16. The lowest BCUT2D eigenvalue weighted by atomic mass is 9.92. The maximum atomic E-state index is 14.0. The number of carbonyl (C=O) groups excluding carboxylic acids is 2. The summed E-state index contributed by atoms with van der Waals surface area (Å²) in [6.07, 6.45) is 15.7. The number of hydrogen-bond acceptors (Lipinski definition) is 8. The minimum atomic E-state index is -0.189. The lowest BCUT2D eigenvalue weighted by Crippen LogP contribution is -2.32. The fourth-order valence-corrected chi connectivity index (χ4v) is 7.60. The van der Waals surface area contributed by atoms with E-state index in [1.165, 1.54) is 18.4 Å². The van der Waals surface area contributed by atoms with Gasteiger partial charge in [-0.15, -0.1) is 0 Å². The molecule has 0 aromatic heterocycles. The van der Waals surface area contributed by atoms with Crippen molar-refractivity contribution in [3.63, 3.8) is 0 Å². The smallest absolute Gasteiger partial charge is 0.260 e. The van der Waals surface area contributed by atoms with Crippen LogP contribution in [0.5, 0.6) is 23.0 Å². The van der Waals surface area contributed by atoms with Gasteiger partial charge in [0.05, 0.1) is 50.8 Å². The van der Waals surface area contributed by atoms with Gasteiger partial charge in [0.1, 0.15) is 0 Å². The molecular formula is C42H44N4O6. The van der Waals surface area contributed by atoms with Gasteiger partial charge in [-0.25, -0.2) is 0 Å². The number of amides is 2. The van der Waals surface area contributed by atoms with Crippen molar-refractivity contribution < 1.29 is 28.5 Å². The topological polar surface area (TPSA) is 116 Å². The molecule has 1 saturated carbocycles. The molecule has 1 aliphatic carbocycles. The van der Waals surface area contributed by atoms with Gasteiger partial charge in [0, 0.05) is 48.8 Å². The molecule has 2 amide bonds. The molecule has 268 valence electrons. The average molecular weight is 701 g/mol. The normalized spacial score (nSPS) is 21.9. The first-order valence-corrected chi connectivity index (χ1v) is 18.1. The number of aliphatic imine (C=N–C) groups is 1. The zero-order valence-electron chi connectivity index (χ0n) is 29.8. The summed E-state index contributed by atoms with van der Waals surface area (Å²) in [6, 6.07) is 14.8. The predicted octanol–water partition coefficient (Wildman–Crippen LogP) is 7.68. The standard InChI is InChI=1S/C42H44N4O6/c1-25-6-4-7-31-16-28(26-8-9-26)23-45(31)41(47)34-19-37(49-2)39(18-33(25)34)51-14-5-15-52-40-21-36-35(20-38(40)50-3)42(48)46-24-29(17-32(46)22-44-36)27-10-12-30(43)13-11-27/h4,7,10-13,18-26,31-32H,5-6,8-9,14-17,43H2,1-3H3. The number of allylic oxidation sites excluding steroid dienone is 1. The third-order valence-electron chi connectivity index (χ3n) is 10.7. The summed E-state index contributed by atoms with van der Waals surface area (Å²) in [6.45, 7) is 2.85. The average Bonchev–Trinajstić information content (AvgIpc) is 3.80. The number of rotatable bonds is 10. The van der Waals surface area contributed by atoms with Gasteiger partial charge < -0.3 is 34.5 Å². The predicted molar refractivity (Wildman–Crippen MR) is 201 cm³/mol. The van der Waals surface area contributed by atoms with Crippen LogP contribution in [0, 0.1) is 5.92 Å². The Labute approximate surface area is 304 Å². The van der Waals surface area contributed by atoms with Crippen molar-refractivity contribution in [1.82, 2.24) is 9.80 Å². The van der Waals surface area contributed by atoms with E-state index in [2.05, 4.69) is 25.3 Å². The Morgan fingerprint density at radius 3 is 2.19 bits per heavy atom. The van der Waals surface area contributed by atoms with Gasteiger partial charge in [-0.2, -0.15) is 0 Å². The highest BCUT2D eigenvalue weighted by molar-refractivity contribution is 6.05.